The van der Waals surface area contributed by atoms with Gasteiger partial charge in [0.25, 0.3) is 0 Å². The van der Waals surface area contributed by atoms with Crippen LogP contribution < -0.4 is 0 Å². The molecule has 0 aromatic rings. The highest BCUT2D eigenvalue weighted by Crippen LogP contribution is 2.20. The van der Waals surface area contributed by atoms with Crippen LogP contribution in [0.1, 0.15) is 41.0 Å². The van der Waals surface area contributed by atoms with Crippen LogP contribution in [-0.2, 0) is 0 Å². The Balaban J connectivity index is 4.12. The molecule has 59 valence electrons. The van der Waals surface area contributed by atoms with Crippen molar-refractivity contribution >= 4 is 0 Å². The zero-order chi connectivity index (χ0) is 8.15. The maximum Gasteiger partial charge on any atom is -0.00537 e. The molecule has 0 heterocycles. The van der Waals surface area contributed by atoms with E-state index in [0.29, 0.717) is 5.92 Å². The van der Waals surface area contributed by atoms with Gasteiger partial charge in [0.15, 0.2) is 0 Å². The highest BCUT2D eigenvalue weighted by Gasteiger charge is 2.06. The van der Waals surface area contributed by atoms with Crippen LogP contribution in [0.25, 0.3) is 0 Å². The molecule has 0 aliphatic heterocycles. The molecule has 0 saturated heterocycles. The van der Waals surface area contributed by atoms with Crippen molar-refractivity contribution in [3.8, 4) is 0 Å². The summed E-state index contributed by atoms with van der Waals surface area (Å²) in [7, 11) is 0. The van der Waals surface area contributed by atoms with Crippen LogP contribution in [0, 0.1) is 11.8 Å². The van der Waals surface area contributed by atoms with E-state index in [1.165, 1.54) is 11.5 Å². The molecule has 0 heteroatoms. The molecule has 0 unspecified atom stereocenters. The lowest BCUT2D eigenvalue weighted by atomic mass is 9.92. The van der Waals surface area contributed by atoms with Crippen LogP contribution in [0.4, 0.5) is 0 Å². The number of allylic oxidation sites excluding steroid dienone is 2. The van der Waals surface area contributed by atoms with Gasteiger partial charge >= 0.3 is 0 Å². The van der Waals surface area contributed by atoms with Gasteiger partial charge in [-0.25, -0.2) is 0 Å². The van der Waals surface area contributed by atoms with Gasteiger partial charge in [0.05, 0.1) is 0 Å². The summed E-state index contributed by atoms with van der Waals surface area (Å²) in [5.74, 6) is 2.14. The molecule has 0 fully saturated rings. The van der Waals surface area contributed by atoms with Crippen LogP contribution >= 0.6 is 0 Å². The van der Waals surface area contributed by atoms with Crippen LogP contribution in [0.15, 0.2) is 11.6 Å². The molecule has 0 amide bonds. The molecule has 0 bridgehead atoms. The SMILES string of the molecule is CCC=C([C](C)C)C(C)C. The van der Waals surface area contributed by atoms with E-state index in [2.05, 4.69) is 40.7 Å². The number of rotatable bonds is 3. The van der Waals surface area contributed by atoms with Gasteiger partial charge in [0.2, 0.25) is 0 Å². The molecule has 0 atom stereocenters. The van der Waals surface area contributed by atoms with Crippen LogP contribution in [0.2, 0.25) is 0 Å². The first-order valence-electron chi connectivity index (χ1n) is 4.10. The second kappa shape index (κ2) is 4.54. The standard InChI is InChI=1S/C10H19/c1-6-7-10(8(2)3)9(4)5/h7-8H,6H2,1-5H3. The Hall–Kier alpha value is -0.260. The third-order valence-corrected chi connectivity index (χ3v) is 1.62. The third kappa shape index (κ3) is 3.05. The fourth-order valence-electron chi connectivity index (χ4n) is 1.24. The fraction of sp³-hybridized carbons (Fsp3) is 0.700. The van der Waals surface area contributed by atoms with Gasteiger partial charge in [-0.1, -0.05) is 46.3 Å². The molecule has 1 radical (unpaired) electrons. The Morgan fingerprint density at radius 1 is 1.30 bits per heavy atom. The lowest BCUT2D eigenvalue weighted by Gasteiger charge is -2.14. The molecule has 0 aliphatic rings. The molecule has 0 spiro atoms. The number of hydrogen-bond donors (Lipinski definition) is 0. The van der Waals surface area contributed by atoms with E-state index < -0.39 is 0 Å². The largest absolute Gasteiger partial charge is 0.0848 e. The van der Waals surface area contributed by atoms with Gasteiger partial charge in [-0.3, -0.25) is 0 Å². The van der Waals surface area contributed by atoms with E-state index in [1.54, 1.807) is 0 Å². The second-order valence-electron chi connectivity index (χ2n) is 3.22. The Morgan fingerprint density at radius 2 is 1.80 bits per heavy atom. The molecule has 10 heavy (non-hydrogen) atoms. The van der Waals surface area contributed by atoms with Crippen molar-refractivity contribution < 1.29 is 0 Å². The van der Waals surface area contributed by atoms with Crippen LogP contribution in [-0.4, -0.2) is 0 Å². The summed E-state index contributed by atoms with van der Waals surface area (Å²) in [6.45, 7) is 11.0. The van der Waals surface area contributed by atoms with E-state index >= 15 is 0 Å². The minimum Gasteiger partial charge on any atom is -0.0848 e. The summed E-state index contributed by atoms with van der Waals surface area (Å²) in [6.07, 6.45) is 3.47. The minimum absolute atomic E-state index is 0.685. The monoisotopic (exact) mass is 139 g/mol. The highest BCUT2D eigenvalue weighted by atomic mass is 14.1. The molecule has 0 N–H and O–H groups in total. The van der Waals surface area contributed by atoms with E-state index in [1.807, 2.05) is 0 Å². The van der Waals surface area contributed by atoms with Crippen LogP contribution in [0.5, 0.6) is 0 Å². The fourth-order valence-corrected chi connectivity index (χ4v) is 1.24. The van der Waals surface area contributed by atoms with Crippen molar-refractivity contribution in [1.29, 1.82) is 0 Å². The molecule has 0 aromatic carbocycles. The molecule has 0 aliphatic carbocycles. The van der Waals surface area contributed by atoms with Crippen molar-refractivity contribution in [1.82, 2.24) is 0 Å². The topological polar surface area (TPSA) is 0 Å². The zero-order valence-electron chi connectivity index (χ0n) is 7.86. The van der Waals surface area contributed by atoms with Gasteiger partial charge in [-0.2, -0.15) is 0 Å². The second-order valence-corrected chi connectivity index (χ2v) is 3.22. The molecular formula is C10H19. The van der Waals surface area contributed by atoms with Crippen molar-refractivity contribution in [3.63, 3.8) is 0 Å². The lowest BCUT2D eigenvalue weighted by Crippen LogP contribution is -1.99. The predicted molar refractivity (Wildman–Crippen MR) is 47.8 cm³/mol. The number of hydrogen-bond acceptors (Lipinski definition) is 0. The van der Waals surface area contributed by atoms with Crippen molar-refractivity contribution in [2.24, 2.45) is 5.92 Å². The maximum absolute atomic E-state index is 2.32. The Bertz CT molecular complexity index is 97.2. The van der Waals surface area contributed by atoms with Gasteiger partial charge in [0.1, 0.15) is 0 Å². The summed E-state index contributed by atoms with van der Waals surface area (Å²) in [6, 6.07) is 0. The molecule has 0 nitrogen and oxygen atoms in total. The van der Waals surface area contributed by atoms with Crippen molar-refractivity contribution in [3.05, 3.63) is 17.6 Å². The van der Waals surface area contributed by atoms with E-state index in [9.17, 15) is 0 Å². The lowest BCUT2D eigenvalue weighted by molar-refractivity contribution is 0.740. The molecule has 0 saturated carbocycles. The molecule has 0 rings (SSSR count). The van der Waals surface area contributed by atoms with Gasteiger partial charge in [-0.15, -0.1) is 0 Å². The quantitative estimate of drug-likeness (QED) is 0.560. The summed E-state index contributed by atoms with van der Waals surface area (Å²) in [4.78, 5) is 0. The maximum atomic E-state index is 2.32. The van der Waals surface area contributed by atoms with Gasteiger partial charge in [0, 0.05) is 0 Å². The Morgan fingerprint density at radius 3 is 1.90 bits per heavy atom. The Kier molecular flexibility index (Phi) is 4.42. The summed E-state index contributed by atoms with van der Waals surface area (Å²) in [5, 5.41) is 0. The zero-order valence-corrected chi connectivity index (χ0v) is 7.86. The predicted octanol–water partition coefficient (Wildman–Crippen LogP) is 3.59. The first kappa shape index (κ1) is 9.74. The van der Waals surface area contributed by atoms with E-state index in [4.69, 9.17) is 0 Å². The normalized spacial score (nSPS) is 13.3. The minimum atomic E-state index is 0.685. The summed E-state index contributed by atoms with van der Waals surface area (Å²) in [5.41, 5.74) is 1.52. The van der Waals surface area contributed by atoms with Gasteiger partial charge < -0.3 is 0 Å². The van der Waals surface area contributed by atoms with Gasteiger partial charge in [-0.05, 0) is 18.3 Å². The summed E-state index contributed by atoms with van der Waals surface area (Å²) < 4.78 is 0. The Labute approximate surface area is 65.3 Å². The van der Waals surface area contributed by atoms with E-state index in [0.717, 1.165) is 6.42 Å². The van der Waals surface area contributed by atoms with Crippen molar-refractivity contribution in [2.45, 2.75) is 41.0 Å². The highest BCUT2D eigenvalue weighted by molar-refractivity contribution is 5.21. The molecule has 0 aromatic heterocycles. The van der Waals surface area contributed by atoms with Crippen LogP contribution in [0.3, 0.4) is 0 Å². The molecular weight excluding hydrogens is 120 g/mol. The summed E-state index contributed by atoms with van der Waals surface area (Å²) >= 11 is 0. The third-order valence-electron chi connectivity index (χ3n) is 1.62. The first-order valence-corrected chi connectivity index (χ1v) is 4.10. The average molecular weight is 139 g/mol. The van der Waals surface area contributed by atoms with Crippen molar-refractivity contribution in [2.75, 3.05) is 0 Å². The average Bonchev–Trinajstić information content (AvgIpc) is 1.81. The first-order chi connectivity index (χ1) is 4.59. The smallest absolute Gasteiger partial charge is 0.00537 e. The van der Waals surface area contributed by atoms with E-state index in [-0.39, 0.29) is 0 Å².